The first-order valence-electron chi connectivity index (χ1n) is 10.5. The van der Waals surface area contributed by atoms with Gasteiger partial charge in [-0.3, -0.25) is 14.5 Å². The second-order valence-corrected chi connectivity index (χ2v) is 9.23. The third-order valence-electron chi connectivity index (χ3n) is 5.52. The van der Waals surface area contributed by atoms with Crippen LogP contribution in [-0.4, -0.2) is 27.6 Å². The molecule has 160 valence electrons. The maximum atomic E-state index is 14.2. The van der Waals surface area contributed by atoms with Crippen LogP contribution < -0.4 is 4.90 Å². The van der Waals surface area contributed by atoms with Crippen molar-refractivity contribution in [2.45, 2.75) is 39.2 Å². The quantitative estimate of drug-likeness (QED) is 0.314. The average Bonchev–Trinajstić information content (AvgIpc) is 3.20. The van der Waals surface area contributed by atoms with E-state index < -0.39 is 0 Å². The summed E-state index contributed by atoms with van der Waals surface area (Å²) in [6, 6.07) is 13.7. The van der Waals surface area contributed by atoms with E-state index in [0.29, 0.717) is 38.2 Å². The Morgan fingerprint density at radius 2 is 1.68 bits per heavy atom. The lowest BCUT2D eigenvalue weighted by atomic mass is 10.1. The number of thioether (sulfide) groups is 1. The maximum Gasteiger partial charge on any atom is 0.267 e. The van der Waals surface area contributed by atoms with Crippen molar-refractivity contribution in [2.75, 3.05) is 11.4 Å². The monoisotopic (exact) mass is 454 g/mol. The van der Waals surface area contributed by atoms with Crippen LogP contribution in [0.15, 0.2) is 53.4 Å². The Morgan fingerprint density at radius 1 is 0.935 bits per heavy atom. The van der Waals surface area contributed by atoms with Gasteiger partial charge in [-0.25, -0.2) is 4.39 Å². The number of carbonyl (C=O) groups excluding carboxylic acids is 2. The van der Waals surface area contributed by atoms with Crippen LogP contribution in [0.1, 0.15) is 43.7 Å². The van der Waals surface area contributed by atoms with E-state index >= 15 is 0 Å². The largest absolute Gasteiger partial charge is 0.303 e. The van der Waals surface area contributed by atoms with Gasteiger partial charge in [-0.05, 0) is 18.6 Å². The summed E-state index contributed by atoms with van der Waals surface area (Å²) in [6.45, 7) is 2.81. The summed E-state index contributed by atoms with van der Waals surface area (Å²) in [5.41, 5.74) is 2.16. The fourth-order valence-electron chi connectivity index (χ4n) is 3.89. The number of para-hydroxylation sites is 1. The summed E-state index contributed by atoms with van der Waals surface area (Å²) in [5.74, 6) is -0.868. The maximum absolute atomic E-state index is 14.2. The molecule has 2 aromatic carbocycles. The first kappa shape index (κ1) is 21.7. The number of unbranched alkanes of at least 4 members (excludes halogenated alkanes) is 3. The van der Waals surface area contributed by atoms with Gasteiger partial charge < -0.3 is 4.90 Å². The normalized spacial score (nSPS) is 18.3. The smallest absolute Gasteiger partial charge is 0.267 e. The molecule has 31 heavy (non-hydrogen) atoms. The Bertz CT molecular complexity index is 1080. The molecule has 0 N–H and O–H groups in total. The van der Waals surface area contributed by atoms with Gasteiger partial charge in [-0.2, -0.15) is 0 Å². The van der Waals surface area contributed by atoms with Crippen molar-refractivity contribution in [3.8, 4) is 0 Å². The van der Waals surface area contributed by atoms with Crippen molar-refractivity contribution in [3.05, 3.63) is 70.4 Å². The van der Waals surface area contributed by atoms with Gasteiger partial charge in [-0.1, -0.05) is 86.6 Å². The molecule has 0 spiro atoms. The van der Waals surface area contributed by atoms with Crippen LogP contribution in [-0.2, 0) is 16.1 Å². The molecule has 1 fully saturated rings. The summed E-state index contributed by atoms with van der Waals surface area (Å²) >= 11 is 6.64. The molecule has 2 aliphatic rings. The number of anilines is 1. The molecule has 4 nitrogen and oxygen atoms in total. The molecule has 2 amide bonds. The average molecular weight is 455 g/mol. The van der Waals surface area contributed by atoms with Crippen molar-refractivity contribution in [1.29, 1.82) is 0 Å². The number of rotatable bonds is 7. The highest BCUT2D eigenvalue weighted by Crippen LogP contribution is 2.45. The van der Waals surface area contributed by atoms with Crippen LogP contribution in [0.4, 0.5) is 10.1 Å². The van der Waals surface area contributed by atoms with Gasteiger partial charge in [0.15, 0.2) is 0 Å². The van der Waals surface area contributed by atoms with Gasteiger partial charge in [-0.15, -0.1) is 0 Å². The molecule has 0 saturated carbocycles. The molecule has 0 aromatic heterocycles. The molecule has 0 atom stereocenters. The number of amides is 2. The van der Waals surface area contributed by atoms with Gasteiger partial charge in [0.25, 0.3) is 11.8 Å². The molecule has 0 unspecified atom stereocenters. The van der Waals surface area contributed by atoms with Crippen molar-refractivity contribution in [2.24, 2.45) is 0 Å². The molecule has 4 rings (SSSR count). The number of nitrogens with zero attached hydrogens (tertiary/aromatic N) is 2. The summed E-state index contributed by atoms with van der Waals surface area (Å²) in [5, 5.41) is 0. The topological polar surface area (TPSA) is 40.6 Å². The zero-order valence-corrected chi connectivity index (χ0v) is 18.9. The minimum absolute atomic E-state index is 0.101. The minimum Gasteiger partial charge on any atom is -0.303 e. The summed E-state index contributed by atoms with van der Waals surface area (Å²) in [7, 11) is 0. The number of halogens is 1. The zero-order valence-electron chi connectivity index (χ0n) is 17.3. The fraction of sp³-hybridized carbons (Fsp3) is 0.292. The third-order valence-corrected chi connectivity index (χ3v) is 6.97. The number of hydrogen-bond donors (Lipinski definition) is 0. The molecule has 0 radical (unpaired) electrons. The molecule has 0 bridgehead atoms. The van der Waals surface area contributed by atoms with E-state index in [9.17, 15) is 14.0 Å². The van der Waals surface area contributed by atoms with Gasteiger partial charge >= 0.3 is 0 Å². The third kappa shape index (κ3) is 4.16. The molecule has 2 aromatic rings. The highest BCUT2D eigenvalue weighted by molar-refractivity contribution is 8.26. The number of carbonyl (C=O) groups is 2. The SMILES string of the molecule is CCCCCCN1C(=O)/C(=C2/C(=O)N(Cc3ccccc3F)c3ccccc32)SC1=S. The molecular weight excluding hydrogens is 431 g/mol. The molecule has 0 aliphatic carbocycles. The van der Waals surface area contributed by atoms with E-state index in [1.54, 1.807) is 23.1 Å². The van der Waals surface area contributed by atoms with E-state index in [1.165, 1.54) is 22.7 Å². The summed E-state index contributed by atoms with van der Waals surface area (Å²) in [6.07, 6.45) is 4.16. The van der Waals surface area contributed by atoms with Crippen LogP contribution in [0, 0.1) is 5.82 Å². The van der Waals surface area contributed by atoms with E-state index in [2.05, 4.69) is 6.92 Å². The van der Waals surface area contributed by atoms with Crippen molar-refractivity contribution < 1.29 is 14.0 Å². The van der Waals surface area contributed by atoms with Gasteiger partial charge in [0.1, 0.15) is 10.1 Å². The predicted octanol–water partition coefficient (Wildman–Crippen LogP) is 5.52. The molecule has 7 heteroatoms. The van der Waals surface area contributed by atoms with Crippen LogP contribution in [0.25, 0.3) is 5.57 Å². The second kappa shape index (κ2) is 9.32. The highest BCUT2D eigenvalue weighted by Gasteiger charge is 2.41. The highest BCUT2D eigenvalue weighted by atomic mass is 32.2. The van der Waals surface area contributed by atoms with Crippen LogP contribution in [0.2, 0.25) is 0 Å². The van der Waals surface area contributed by atoms with Crippen LogP contribution in [0.5, 0.6) is 0 Å². The van der Waals surface area contributed by atoms with Gasteiger partial charge in [0, 0.05) is 17.7 Å². The van der Waals surface area contributed by atoms with Crippen molar-refractivity contribution in [1.82, 2.24) is 4.90 Å². The van der Waals surface area contributed by atoms with Gasteiger partial charge in [0.2, 0.25) is 0 Å². The Balaban J connectivity index is 1.66. The first-order chi connectivity index (χ1) is 15.0. The van der Waals surface area contributed by atoms with Crippen LogP contribution >= 0.6 is 24.0 Å². The minimum atomic E-state index is -0.361. The fourth-order valence-corrected chi connectivity index (χ4v) is 5.27. The number of benzene rings is 2. The van der Waals surface area contributed by atoms with E-state index in [0.717, 1.165) is 25.7 Å². The number of thiocarbonyl (C=S) groups is 1. The summed E-state index contributed by atoms with van der Waals surface area (Å²) < 4.78 is 14.7. The molecule has 2 heterocycles. The Morgan fingerprint density at radius 3 is 2.45 bits per heavy atom. The Hall–Kier alpha value is -2.51. The van der Waals surface area contributed by atoms with Gasteiger partial charge in [0.05, 0.1) is 22.7 Å². The second-order valence-electron chi connectivity index (χ2n) is 7.59. The number of fused-ring (bicyclic) bond motifs is 1. The standard InChI is InChI=1S/C24H23FN2O2S2/c1-2-3-4-9-14-26-23(29)21(31-24(26)30)20-17-11-6-8-13-19(17)27(22(20)28)15-16-10-5-7-12-18(16)25/h5-8,10-13H,2-4,9,14-15H2,1H3/b21-20-. The lowest BCUT2D eigenvalue weighted by molar-refractivity contribution is -0.122. The number of hydrogen-bond acceptors (Lipinski definition) is 4. The lowest BCUT2D eigenvalue weighted by Gasteiger charge is -2.17. The van der Waals surface area contributed by atoms with E-state index in [1.807, 2.05) is 24.3 Å². The summed E-state index contributed by atoms with van der Waals surface area (Å²) in [4.78, 5) is 30.1. The van der Waals surface area contributed by atoms with E-state index in [-0.39, 0.29) is 24.2 Å². The molecular formula is C24H23FN2O2S2. The lowest BCUT2D eigenvalue weighted by Crippen LogP contribution is -2.30. The zero-order chi connectivity index (χ0) is 22.0. The molecule has 2 aliphatic heterocycles. The van der Waals surface area contributed by atoms with Crippen molar-refractivity contribution >= 4 is 51.4 Å². The Kier molecular flexibility index (Phi) is 6.53. The van der Waals surface area contributed by atoms with Crippen molar-refractivity contribution in [3.63, 3.8) is 0 Å². The van der Waals surface area contributed by atoms with E-state index in [4.69, 9.17) is 12.2 Å². The first-order valence-corrected chi connectivity index (χ1v) is 11.7. The Labute approximate surface area is 191 Å². The molecule has 1 saturated heterocycles. The predicted molar refractivity (Wildman–Crippen MR) is 127 cm³/mol. The van der Waals surface area contributed by atoms with Crippen LogP contribution in [0.3, 0.4) is 0 Å².